The fourth-order valence-corrected chi connectivity index (χ4v) is 12.0. The zero-order valence-corrected chi connectivity index (χ0v) is 50.8. The highest BCUT2D eigenvalue weighted by molar-refractivity contribution is 6.12. The number of amides is 7. The fraction of sp³-hybridized carbons (Fsp3) is 0.418. The highest BCUT2D eigenvalue weighted by atomic mass is 16.6. The lowest BCUT2D eigenvalue weighted by Crippen LogP contribution is -2.55. The van der Waals surface area contributed by atoms with Crippen LogP contribution in [0.25, 0.3) is 0 Å². The molecule has 5 aliphatic rings. The number of aliphatic hydroxyl groups excluding tert-OH is 2. The van der Waals surface area contributed by atoms with Crippen molar-refractivity contribution in [3.05, 3.63) is 148 Å². The maximum Gasteiger partial charge on any atom is 0.416 e. The van der Waals surface area contributed by atoms with Crippen LogP contribution in [0, 0.1) is 5.92 Å². The van der Waals surface area contributed by atoms with E-state index in [1.165, 1.54) is 31.7 Å². The Balaban J connectivity index is 0.735. The largest absolute Gasteiger partial charge is 0.493 e. The molecule has 0 fully saturated rings. The van der Waals surface area contributed by atoms with Crippen molar-refractivity contribution in [2.75, 3.05) is 56.1 Å². The molecule has 5 aliphatic heterocycles. The summed E-state index contributed by atoms with van der Waals surface area (Å²) in [5.41, 5.74) is 7.02. The molecule has 0 saturated carbocycles. The Labute approximate surface area is 517 Å². The van der Waals surface area contributed by atoms with E-state index in [2.05, 4.69) is 33.4 Å². The Morgan fingerprint density at radius 1 is 0.685 bits per heavy atom. The minimum absolute atomic E-state index is 0.0125. The van der Waals surface area contributed by atoms with Gasteiger partial charge in [0.05, 0.1) is 56.5 Å². The predicted molar refractivity (Wildman–Crippen MR) is 330 cm³/mol. The van der Waals surface area contributed by atoms with E-state index >= 15 is 0 Å². The van der Waals surface area contributed by atoms with Gasteiger partial charge in [-0.1, -0.05) is 80.9 Å². The molecule has 5 aromatic rings. The van der Waals surface area contributed by atoms with Gasteiger partial charge in [-0.2, -0.15) is 0 Å². The number of nitrogens with zero attached hydrogens (tertiary/aromatic N) is 4. The maximum atomic E-state index is 14.5. The first-order valence-electron chi connectivity index (χ1n) is 30.5. The molecule has 7 amide bonds. The molecule has 0 saturated heterocycles. The van der Waals surface area contributed by atoms with Gasteiger partial charge in [0.2, 0.25) is 17.7 Å². The zero-order valence-electron chi connectivity index (χ0n) is 50.8. The monoisotopic (exact) mass is 1220 g/mol. The zero-order chi connectivity index (χ0) is 62.9. The molecule has 0 aliphatic carbocycles. The van der Waals surface area contributed by atoms with E-state index < -0.39 is 48.5 Å². The average molecular weight is 1220 g/mol. The molecule has 0 bridgehead atoms. The summed E-state index contributed by atoms with van der Waals surface area (Å²) in [6, 6.07) is 26.7. The number of hydrogen-bond donors (Lipinski definition) is 6. The number of aliphatic hydroxyl groups is 2. The fourth-order valence-electron chi connectivity index (χ4n) is 12.0. The van der Waals surface area contributed by atoms with Crippen LogP contribution in [0.1, 0.15) is 116 Å². The molecular weight excluding hydrogens is 1140 g/mol. The van der Waals surface area contributed by atoms with Crippen molar-refractivity contribution in [2.45, 2.75) is 135 Å². The standard InChI is InChI=1S/C67H78N8O14/c1-40(2)61(71-58(76)20-8-6-13-27-72-59(77)25-26-60(72)78)63(80)69-41(3)62(79)70-47-23-21-42(22-24-47)39-89-67(84)75-52-35-57(55(86-5)33-50(52)65(82)74-38-46-19-12-10-17-44(46)31-53(74)66(75)83)88-29-15-7-14-28-87-56-34-51-49(32-54(56)85-4)64(81)73-37-45-18-11-9-16-43(45)30-48(73)36-68-51/h9-12,16-19,21-26,32-35,40-41,48,53,61,65-66,68,82-83H,6-8,13-15,20,27-31,36-39H2,1-5H3,(H,69,80)(H,70,79)(H,71,76)/t41-,48-,53-,61-,65?,66?/m0/s1. The van der Waals surface area contributed by atoms with Gasteiger partial charge in [0.15, 0.2) is 29.2 Å². The maximum absolute atomic E-state index is 14.5. The van der Waals surface area contributed by atoms with E-state index in [9.17, 15) is 43.8 Å². The van der Waals surface area contributed by atoms with Crippen molar-refractivity contribution in [1.29, 1.82) is 0 Å². The molecular formula is C67H78N8O14. The van der Waals surface area contributed by atoms with Crippen molar-refractivity contribution in [3.63, 3.8) is 0 Å². The van der Waals surface area contributed by atoms with Crippen LogP contribution >= 0.6 is 0 Å². The molecule has 89 heavy (non-hydrogen) atoms. The van der Waals surface area contributed by atoms with Crippen LogP contribution in [0.2, 0.25) is 0 Å². The van der Waals surface area contributed by atoms with E-state index in [-0.39, 0.29) is 73.2 Å². The van der Waals surface area contributed by atoms with Crippen LogP contribution < -0.4 is 45.1 Å². The molecule has 5 heterocycles. The van der Waals surface area contributed by atoms with Gasteiger partial charge in [-0.05, 0) is 110 Å². The van der Waals surface area contributed by atoms with E-state index in [0.29, 0.717) is 117 Å². The van der Waals surface area contributed by atoms with Crippen LogP contribution in [0.4, 0.5) is 21.9 Å². The Bertz CT molecular complexity index is 3470. The highest BCUT2D eigenvalue weighted by Gasteiger charge is 2.46. The number of rotatable bonds is 24. The Hall–Kier alpha value is -8.99. The first-order valence-corrected chi connectivity index (χ1v) is 30.5. The van der Waals surface area contributed by atoms with Crippen molar-refractivity contribution >= 4 is 58.6 Å². The third-order valence-electron chi connectivity index (χ3n) is 17.1. The molecule has 2 unspecified atom stereocenters. The van der Waals surface area contributed by atoms with Gasteiger partial charge in [-0.3, -0.25) is 38.6 Å². The quantitative estimate of drug-likeness (QED) is 0.0262. The molecule has 5 aromatic carbocycles. The van der Waals surface area contributed by atoms with Gasteiger partial charge in [-0.25, -0.2) is 9.69 Å². The summed E-state index contributed by atoms with van der Waals surface area (Å²) in [4.78, 5) is 97.6. The molecule has 6 atom stereocenters. The SMILES string of the molecule is COc1cc2c(cc1OCCCCCOc1cc3c(cc1OC)C(O)N1Cc4ccccc4C[C@H]1C(O)N3C(=O)OCc1ccc(NC(=O)[C@H](C)NC(=O)[C@@H](NC(=O)CCCCCN3C(=O)C=CC3=O)C(C)C)cc1)NC[C@@H]1Cc3ccccc3CN1C2=O. The average Bonchev–Trinajstić information content (AvgIpc) is 1.70. The summed E-state index contributed by atoms with van der Waals surface area (Å²) in [5, 5.41) is 36.3. The van der Waals surface area contributed by atoms with Crippen molar-refractivity contribution in [1.82, 2.24) is 25.3 Å². The second kappa shape index (κ2) is 28.4. The summed E-state index contributed by atoms with van der Waals surface area (Å²) in [6.45, 7) is 7.19. The number of unbranched alkanes of at least 4 members (excludes halogenated alkanes) is 4. The Kier molecular flexibility index (Phi) is 20.1. The van der Waals surface area contributed by atoms with E-state index in [1.54, 1.807) is 68.3 Å². The third kappa shape index (κ3) is 14.5. The van der Waals surface area contributed by atoms with Gasteiger partial charge >= 0.3 is 6.09 Å². The summed E-state index contributed by atoms with van der Waals surface area (Å²) in [7, 11) is 3.05. The lowest BCUT2D eigenvalue weighted by atomic mass is 9.92. The van der Waals surface area contributed by atoms with E-state index in [1.807, 2.05) is 47.4 Å². The van der Waals surface area contributed by atoms with Crippen LogP contribution in [0.15, 0.2) is 109 Å². The van der Waals surface area contributed by atoms with Gasteiger partial charge < -0.3 is 60.1 Å². The van der Waals surface area contributed by atoms with Gasteiger partial charge in [0.25, 0.3) is 17.7 Å². The van der Waals surface area contributed by atoms with Gasteiger partial charge in [-0.15, -0.1) is 0 Å². The molecule has 0 radical (unpaired) electrons. The lowest BCUT2D eigenvalue weighted by Gasteiger charge is -2.41. The summed E-state index contributed by atoms with van der Waals surface area (Å²) in [6.07, 6.45) is 3.67. The van der Waals surface area contributed by atoms with E-state index in [4.69, 9.17) is 23.7 Å². The van der Waals surface area contributed by atoms with Gasteiger partial charge in [0.1, 0.15) is 24.9 Å². The molecule has 0 spiro atoms. The molecule has 22 heteroatoms. The number of nitrogens with one attached hydrogen (secondary N) is 4. The van der Waals surface area contributed by atoms with E-state index in [0.717, 1.165) is 32.9 Å². The number of fused-ring (bicyclic) bond motifs is 6. The number of benzene rings is 5. The van der Waals surface area contributed by atoms with Crippen LogP contribution in [0.5, 0.6) is 23.0 Å². The predicted octanol–water partition coefficient (Wildman–Crippen LogP) is 7.29. The number of carbonyl (C=O) groups excluding carboxylic acids is 7. The smallest absolute Gasteiger partial charge is 0.416 e. The van der Waals surface area contributed by atoms with Crippen LogP contribution in [-0.2, 0) is 61.2 Å². The second-order valence-corrected chi connectivity index (χ2v) is 23.4. The van der Waals surface area contributed by atoms with Gasteiger partial charge in [0, 0.05) is 68.1 Å². The third-order valence-corrected chi connectivity index (χ3v) is 17.1. The second-order valence-electron chi connectivity index (χ2n) is 23.4. The lowest BCUT2D eigenvalue weighted by molar-refractivity contribution is -0.137. The minimum Gasteiger partial charge on any atom is -0.493 e. The summed E-state index contributed by atoms with van der Waals surface area (Å²) < 4.78 is 30.1. The highest BCUT2D eigenvalue weighted by Crippen LogP contribution is 2.46. The van der Waals surface area contributed by atoms with Crippen molar-refractivity contribution < 1.29 is 67.5 Å². The summed E-state index contributed by atoms with van der Waals surface area (Å²) >= 11 is 0. The number of hydrogen-bond acceptors (Lipinski definition) is 16. The van der Waals surface area contributed by atoms with Crippen LogP contribution in [0.3, 0.4) is 0 Å². The number of carbonyl (C=O) groups is 7. The minimum atomic E-state index is -1.49. The molecule has 10 rings (SSSR count). The first-order chi connectivity index (χ1) is 43.0. The number of methoxy groups -OCH3 is 2. The number of imide groups is 1. The number of anilines is 3. The molecule has 470 valence electrons. The van der Waals surface area contributed by atoms with Crippen molar-refractivity contribution in [3.8, 4) is 23.0 Å². The topological polar surface area (TPSA) is 267 Å². The molecule has 22 nitrogen and oxygen atoms in total. The summed E-state index contributed by atoms with van der Waals surface area (Å²) in [5.74, 6) is -0.844. The molecule has 6 N–H and O–H groups in total. The Morgan fingerprint density at radius 3 is 1.99 bits per heavy atom. The van der Waals surface area contributed by atoms with Crippen LogP contribution in [-0.4, -0.2) is 137 Å². The Morgan fingerprint density at radius 2 is 1.31 bits per heavy atom. The molecule has 0 aromatic heterocycles. The number of ether oxygens (including phenoxy) is 5. The first kappa shape index (κ1) is 63.0. The normalized spacial score (nSPS) is 19.0. The van der Waals surface area contributed by atoms with Crippen molar-refractivity contribution in [2.24, 2.45) is 5.92 Å².